The van der Waals surface area contributed by atoms with Crippen molar-refractivity contribution < 1.29 is 24.3 Å². The Morgan fingerprint density at radius 1 is 1.14 bits per heavy atom. The summed E-state index contributed by atoms with van der Waals surface area (Å²) in [4.78, 5) is 45.2. The maximum atomic E-state index is 11.8. The molecule has 0 radical (unpaired) electrons. The Balaban J connectivity index is 4.43. The number of aliphatic carboxylic acids is 1. The highest BCUT2D eigenvalue weighted by molar-refractivity contribution is 7.98. The lowest BCUT2D eigenvalue weighted by atomic mass is 10.2. The highest BCUT2D eigenvalue weighted by atomic mass is 32.2. The van der Waals surface area contributed by atoms with Crippen molar-refractivity contribution in [2.24, 2.45) is 5.73 Å². The molecule has 0 aromatic rings. The van der Waals surface area contributed by atoms with Crippen molar-refractivity contribution in [3.05, 3.63) is 0 Å². The molecule has 0 saturated carbocycles. The summed E-state index contributed by atoms with van der Waals surface area (Å²) in [6.45, 7) is 0.655. The number of rotatable bonds is 10. The minimum atomic E-state index is -1.17. The number of hydrogen-bond acceptors (Lipinski definition) is 6. The highest BCUT2D eigenvalue weighted by Crippen LogP contribution is 2.01. The quantitative estimate of drug-likeness (QED) is 0.307. The molecule has 0 heterocycles. The lowest BCUT2D eigenvalue weighted by Gasteiger charge is -2.18. The molecule has 0 aliphatic heterocycles. The number of nitrogens with one attached hydrogen (secondary N) is 3. The molecule has 22 heavy (non-hydrogen) atoms. The molecule has 2 unspecified atom stereocenters. The van der Waals surface area contributed by atoms with E-state index >= 15 is 0 Å². The second-order valence-corrected chi connectivity index (χ2v) is 5.51. The molecule has 0 spiro atoms. The van der Waals surface area contributed by atoms with E-state index in [1.165, 1.54) is 18.7 Å². The van der Waals surface area contributed by atoms with Crippen molar-refractivity contribution in [1.29, 1.82) is 0 Å². The van der Waals surface area contributed by atoms with E-state index in [0.29, 0.717) is 12.2 Å². The Morgan fingerprint density at radius 3 is 2.23 bits per heavy atom. The Morgan fingerprint density at radius 2 is 1.73 bits per heavy atom. The predicted octanol–water partition coefficient (Wildman–Crippen LogP) is -2.11. The summed E-state index contributed by atoms with van der Waals surface area (Å²) < 4.78 is 0. The molecule has 0 aromatic heterocycles. The van der Waals surface area contributed by atoms with Crippen LogP contribution in [0.5, 0.6) is 0 Å². The van der Waals surface area contributed by atoms with Crippen LogP contribution in [0.3, 0.4) is 0 Å². The van der Waals surface area contributed by atoms with Crippen molar-refractivity contribution in [2.45, 2.75) is 25.4 Å². The number of carbonyl (C=O) groups excluding carboxylic acids is 3. The van der Waals surface area contributed by atoms with Crippen LogP contribution in [0.15, 0.2) is 0 Å². The molecule has 3 amide bonds. The van der Waals surface area contributed by atoms with E-state index in [4.69, 9.17) is 10.8 Å². The summed E-state index contributed by atoms with van der Waals surface area (Å²) in [7, 11) is 0. The zero-order valence-corrected chi connectivity index (χ0v) is 13.4. The fraction of sp³-hybridized carbons (Fsp3) is 0.667. The number of thioether (sulfide) groups is 1. The number of carboxylic acid groups (broad SMARTS) is 1. The third-order valence-corrected chi connectivity index (χ3v) is 3.16. The average molecular weight is 334 g/mol. The predicted molar refractivity (Wildman–Crippen MR) is 82.2 cm³/mol. The van der Waals surface area contributed by atoms with Crippen LogP contribution in [-0.2, 0) is 19.2 Å². The van der Waals surface area contributed by atoms with E-state index < -0.39 is 42.3 Å². The maximum Gasteiger partial charge on any atom is 0.322 e. The van der Waals surface area contributed by atoms with Gasteiger partial charge in [0.2, 0.25) is 17.7 Å². The van der Waals surface area contributed by atoms with Gasteiger partial charge < -0.3 is 26.8 Å². The number of nitrogens with two attached hydrogens (primary N) is 1. The smallest absolute Gasteiger partial charge is 0.322 e. The molecule has 0 saturated heterocycles. The highest BCUT2D eigenvalue weighted by Gasteiger charge is 2.21. The zero-order valence-electron chi connectivity index (χ0n) is 12.5. The third kappa shape index (κ3) is 9.19. The molecule has 10 heteroatoms. The Labute approximate surface area is 132 Å². The van der Waals surface area contributed by atoms with E-state index in [-0.39, 0.29) is 6.54 Å². The van der Waals surface area contributed by atoms with Crippen LogP contribution in [0, 0.1) is 0 Å². The van der Waals surface area contributed by atoms with Gasteiger partial charge in [0.1, 0.15) is 12.6 Å². The van der Waals surface area contributed by atoms with Gasteiger partial charge in [-0.3, -0.25) is 19.2 Å². The molecule has 2 atom stereocenters. The summed E-state index contributed by atoms with van der Waals surface area (Å²) in [6.07, 6.45) is 2.19. The third-order valence-electron chi connectivity index (χ3n) is 2.51. The molecular formula is C12H22N4O5S. The fourth-order valence-electron chi connectivity index (χ4n) is 1.36. The average Bonchev–Trinajstić information content (AvgIpc) is 2.46. The first kappa shape index (κ1) is 20.2. The Kier molecular flexibility index (Phi) is 9.96. The van der Waals surface area contributed by atoms with Gasteiger partial charge >= 0.3 is 5.97 Å². The molecule has 6 N–H and O–H groups in total. The van der Waals surface area contributed by atoms with Gasteiger partial charge in [-0.25, -0.2) is 0 Å². The van der Waals surface area contributed by atoms with Gasteiger partial charge in [0.15, 0.2) is 0 Å². The Bertz CT molecular complexity index is 416. The maximum absolute atomic E-state index is 11.8. The van der Waals surface area contributed by atoms with Gasteiger partial charge in [0, 0.05) is 0 Å². The van der Waals surface area contributed by atoms with Crippen molar-refractivity contribution >= 4 is 35.5 Å². The van der Waals surface area contributed by atoms with E-state index in [9.17, 15) is 19.2 Å². The largest absolute Gasteiger partial charge is 0.480 e. The minimum absolute atomic E-state index is 0.303. The zero-order chi connectivity index (χ0) is 17.1. The first-order valence-electron chi connectivity index (χ1n) is 6.59. The summed E-state index contributed by atoms with van der Waals surface area (Å²) in [5.74, 6) is -2.18. The number of carbonyl (C=O) groups is 4. The van der Waals surface area contributed by atoms with Crippen LogP contribution >= 0.6 is 11.8 Å². The molecule has 0 aliphatic carbocycles. The molecular weight excluding hydrogens is 312 g/mol. The van der Waals surface area contributed by atoms with E-state index in [0.717, 1.165) is 0 Å². The van der Waals surface area contributed by atoms with E-state index in [1.54, 1.807) is 0 Å². The van der Waals surface area contributed by atoms with Crippen LogP contribution in [0.25, 0.3) is 0 Å². The summed E-state index contributed by atoms with van der Waals surface area (Å²) in [6, 6.07) is -1.59. The van der Waals surface area contributed by atoms with Crippen LogP contribution in [0.1, 0.15) is 13.3 Å². The van der Waals surface area contributed by atoms with Gasteiger partial charge in [-0.05, 0) is 25.4 Å². The molecule has 0 rings (SSSR count). The van der Waals surface area contributed by atoms with Gasteiger partial charge in [-0.2, -0.15) is 11.8 Å². The van der Waals surface area contributed by atoms with Crippen molar-refractivity contribution in [3.63, 3.8) is 0 Å². The molecule has 126 valence electrons. The van der Waals surface area contributed by atoms with Crippen LogP contribution in [0.4, 0.5) is 0 Å². The summed E-state index contributed by atoms with van der Waals surface area (Å²) in [5.41, 5.74) is 5.34. The van der Waals surface area contributed by atoms with Gasteiger partial charge in [-0.15, -0.1) is 0 Å². The standard InChI is InChI=1S/C12H22N4O5S/c1-7(13)11(20)14-5-9(17)16-8(3-4-22-2)12(21)15-6-10(18)19/h7-8H,3-6,13H2,1-2H3,(H,14,20)(H,15,21)(H,16,17)(H,18,19). The molecule has 0 fully saturated rings. The lowest BCUT2D eigenvalue weighted by Crippen LogP contribution is -2.51. The van der Waals surface area contributed by atoms with Crippen molar-refractivity contribution in [3.8, 4) is 0 Å². The summed E-state index contributed by atoms with van der Waals surface area (Å²) >= 11 is 1.49. The van der Waals surface area contributed by atoms with E-state index in [2.05, 4.69) is 16.0 Å². The molecule has 0 aromatic carbocycles. The van der Waals surface area contributed by atoms with E-state index in [1.807, 2.05) is 6.26 Å². The van der Waals surface area contributed by atoms with Crippen molar-refractivity contribution in [2.75, 3.05) is 25.1 Å². The first-order valence-corrected chi connectivity index (χ1v) is 7.98. The monoisotopic (exact) mass is 334 g/mol. The van der Waals surface area contributed by atoms with Crippen LogP contribution < -0.4 is 21.7 Å². The second-order valence-electron chi connectivity index (χ2n) is 4.52. The molecule has 0 aliphatic rings. The van der Waals surface area contributed by atoms with Crippen LogP contribution in [-0.4, -0.2) is 66.0 Å². The number of amides is 3. The topological polar surface area (TPSA) is 151 Å². The second kappa shape index (κ2) is 10.9. The molecule has 0 bridgehead atoms. The first-order chi connectivity index (χ1) is 10.3. The lowest BCUT2D eigenvalue weighted by molar-refractivity contribution is -0.138. The SMILES string of the molecule is CSCCC(NC(=O)CNC(=O)C(C)N)C(=O)NCC(=O)O. The van der Waals surface area contributed by atoms with Crippen LogP contribution in [0.2, 0.25) is 0 Å². The van der Waals surface area contributed by atoms with Gasteiger partial charge in [0.25, 0.3) is 0 Å². The Hall–Kier alpha value is -1.81. The van der Waals surface area contributed by atoms with Crippen molar-refractivity contribution in [1.82, 2.24) is 16.0 Å². The number of hydrogen-bond donors (Lipinski definition) is 5. The van der Waals surface area contributed by atoms with Gasteiger partial charge in [-0.1, -0.05) is 0 Å². The number of carboxylic acids is 1. The fourth-order valence-corrected chi connectivity index (χ4v) is 1.84. The van der Waals surface area contributed by atoms with Gasteiger partial charge in [0.05, 0.1) is 12.6 Å². The normalized spacial score (nSPS) is 12.9. The summed E-state index contributed by atoms with van der Waals surface area (Å²) in [5, 5.41) is 15.5. The minimum Gasteiger partial charge on any atom is -0.480 e. The molecule has 9 nitrogen and oxygen atoms in total.